The fourth-order valence-electron chi connectivity index (χ4n) is 6.95. The lowest BCUT2D eigenvalue weighted by atomic mass is 9.92. The molecule has 2 heterocycles. The molecule has 6 N–H and O–H groups in total. The summed E-state index contributed by atoms with van der Waals surface area (Å²) < 4.78 is 26.8. The lowest BCUT2D eigenvalue weighted by Crippen LogP contribution is -2.29. The van der Waals surface area contributed by atoms with Crippen LogP contribution in [-0.2, 0) is 39.5 Å². The molecule has 2 atom stereocenters. The van der Waals surface area contributed by atoms with E-state index in [9.17, 15) is 30.9 Å². The molecule has 66 heavy (non-hydrogen) atoms. The van der Waals surface area contributed by atoms with Crippen LogP contribution in [0.25, 0.3) is 11.1 Å². The standard InChI is InChI=1S/C50H50Br2N6O8/c1-31-37(29-65-49-13-47(63-27-35-9-33(15-53)17-55-19-35)39(11-45(49)51)21-57-23-41(61)25-59)5-3-7-43(31)44-8-4-6-38(32(44)2)30-66-50-14-48(64-28-36-10-34(16-54)18-56-20-36)40(12-46(50)52)22-58-24-42(62)26-60/h3-14,17-20,41-42,57-62H,21-30H2,1-2H3/t41-,42-/m0/s1. The van der Waals surface area contributed by atoms with Crippen LogP contribution in [0.2, 0.25) is 0 Å². The number of pyridine rings is 2. The number of hydrogen-bond acceptors (Lipinski definition) is 14. The number of benzene rings is 4. The highest BCUT2D eigenvalue weighted by Gasteiger charge is 2.17. The summed E-state index contributed by atoms with van der Waals surface area (Å²) in [6.07, 6.45) is 4.47. The van der Waals surface area contributed by atoms with Crippen molar-refractivity contribution in [3.63, 3.8) is 0 Å². The molecule has 6 rings (SSSR count). The number of aliphatic hydroxyl groups excluding tert-OH is 4. The van der Waals surface area contributed by atoms with E-state index in [0.717, 1.165) is 55.6 Å². The predicted molar refractivity (Wildman–Crippen MR) is 254 cm³/mol. The van der Waals surface area contributed by atoms with Gasteiger partial charge in [0.05, 0.1) is 45.5 Å². The van der Waals surface area contributed by atoms with Crippen molar-refractivity contribution >= 4 is 31.9 Å². The van der Waals surface area contributed by atoms with E-state index in [4.69, 9.17) is 18.9 Å². The molecular weight excluding hydrogens is 972 g/mol. The van der Waals surface area contributed by atoms with Crippen LogP contribution in [-0.4, -0.2) is 68.9 Å². The number of nitrogens with one attached hydrogen (secondary N) is 2. The van der Waals surface area contributed by atoms with Crippen LogP contribution in [0, 0.1) is 36.5 Å². The van der Waals surface area contributed by atoms with Crippen LogP contribution in [0.15, 0.2) is 107 Å². The van der Waals surface area contributed by atoms with Crippen LogP contribution in [0.4, 0.5) is 0 Å². The van der Waals surface area contributed by atoms with Crippen LogP contribution in [0.3, 0.4) is 0 Å². The topological polar surface area (TPSA) is 215 Å². The summed E-state index contributed by atoms with van der Waals surface area (Å²) >= 11 is 7.36. The molecule has 0 radical (unpaired) electrons. The summed E-state index contributed by atoms with van der Waals surface area (Å²) in [7, 11) is 0. The van der Waals surface area contributed by atoms with Gasteiger partial charge in [-0.2, -0.15) is 10.5 Å². The summed E-state index contributed by atoms with van der Waals surface area (Å²) in [6.45, 7) is 5.36. The van der Waals surface area contributed by atoms with Crippen LogP contribution < -0.4 is 29.6 Å². The highest BCUT2D eigenvalue weighted by molar-refractivity contribution is 9.11. The monoisotopic (exact) mass is 1020 g/mol. The highest BCUT2D eigenvalue weighted by Crippen LogP contribution is 2.37. The molecule has 0 saturated carbocycles. The van der Waals surface area contributed by atoms with Crippen molar-refractivity contribution in [1.29, 1.82) is 10.5 Å². The highest BCUT2D eigenvalue weighted by atomic mass is 79.9. The fourth-order valence-corrected chi connectivity index (χ4v) is 7.96. The predicted octanol–water partition coefficient (Wildman–Crippen LogP) is 7.23. The smallest absolute Gasteiger partial charge is 0.137 e. The van der Waals surface area contributed by atoms with Gasteiger partial charge in [-0.05, 0) is 103 Å². The molecule has 6 aromatic rings. The first-order chi connectivity index (χ1) is 32.0. The van der Waals surface area contributed by atoms with Crippen molar-refractivity contribution in [2.45, 2.75) is 65.6 Å². The Morgan fingerprint density at radius 1 is 0.561 bits per heavy atom. The summed E-state index contributed by atoms with van der Waals surface area (Å²) in [5.41, 5.74) is 10.1. The molecule has 4 aromatic carbocycles. The number of ether oxygens (including phenoxy) is 4. The van der Waals surface area contributed by atoms with Gasteiger partial charge in [0, 0.05) is 85.4 Å². The Balaban J connectivity index is 1.18. The van der Waals surface area contributed by atoms with E-state index in [1.807, 2.05) is 48.5 Å². The first kappa shape index (κ1) is 49.5. The number of nitrogens with zero attached hydrogens (tertiary/aromatic N) is 4. The van der Waals surface area contributed by atoms with Gasteiger partial charge in [0.15, 0.2) is 0 Å². The second kappa shape index (κ2) is 24.6. The lowest BCUT2D eigenvalue weighted by Gasteiger charge is -2.19. The van der Waals surface area contributed by atoms with Crippen molar-refractivity contribution in [3.8, 4) is 46.3 Å². The van der Waals surface area contributed by atoms with Gasteiger partial charge in [0.2, 0.25) is 0 Å². The van der Waals surface area contributed by atoms with E-state index in [2.05, 4.69) is 90.6 Å². The van der Waals surface area contributed by atoms with E-state index in [0.29, 0.717) is 56.2 Å². The summed E-state index contributed by atoms with van der Waals surface area (Å²) in [5.74, 6) is 2.20. The SMILES string of the molecule is Cc1c(COc2cc(OCc3cncc(C#N)c3)c(CNC[C@H](O)CO)cc2Br)cccc1-c1cccc(COc2cc(OCc3cncc(C#N)c3)c(CNC[C@H](O)CO)cc2Br)c1C. The Bertz CT molecular complexity index is 2510. The summed E-state index contributed by atoms with van der Waals surface area (Å²) in [5, 5.41) is 63.3. The van der Waals surface area contributed by atoms with Crippen LogP contribution >= 0.6 is 31.9 Å². The number of halogens is 2. The minimum absolute atomic E-state index is 0.162. The third-order valence-electron chi connectivity index (χ3n) is 10.6. The van der Waals surface area contributed by atoms with Gasteiger partial charge < -0.3 is 50.0 Å². The molecular formula is C50H50Br2N6O8. The summed E-state index contributed by atoms with van der Waals surface area (Å²) in [6, 6.07) is 27.3. The molecule has 342 valence electrons. The summed E-state index contributed by atoms with van der Waals surface area (Å²) in [4.78, 5) is 8.28. The molecule has 0 aliphatic carbocycles. The Morgan fingerprint density at radius 2 is 0.970 bits per heavy atom. The molecule has 0 saturated heterocycles. The van der Waals surface area contributed by atoms with Gasteiger partial charge in [0.1, 0.15) is 61.6 Å². The number of rotatable bonds is 23. The second-order valence-corrected chi connectivity index (χ2v) is 17.1. The van der Waals surface area contributed by atoms with E-state index in [1.165, 1.54) is 12.4 Å². The number of aliphatic hydroxyl groups is 4. The average Bonchev–Trinajstić information content (AvgIpc) is 3.33. The van der Waals surface area contributed by atoms with Crippen LogP contribution in [0.5, 0.6) is 23.0 Å². The lowest BCUT2D eigenvalue weighted by molar-refractivity contribution is 0.0941. The third kappa shape index (κ3) is 13.6. The van der Waals surface area contributed by atoms with Crippen molar-refractivity contribution in [1.82, 2.24) is 20.6 Å². The molecule has 16 heteroatoms. The van der Waals surface area contributed by atoms with E-state index < -0.39 is 12.2 Å². The van der Waals surface area contributed by atoms with Crippen molar-refractivity contribution in [2.24, 2.45) is 0 Å². The second-order valence-electron chi connectivity index (χ2n) is 15.4. The maximum Gasteiger partial charge on any atom is 0.137 e. The minimum atomic E-state index is -0.903. The Morgan fingerprint density at radius 3 is 1.36 bits per heavy atom. The zero-order valence-electron chi connectivity index (χ0n) is 36.4. The van der Waals surface area contributed by atoms with Gasteiger partial charge >= 0.3 is 0 Å². The van der Waals surface area contributed by atoms with Crippen molar-refractivity contribution in [3.05, 3.63) is 162 Å². The maximum atomic E-state index is 9.87. The molecule has 0 aliphatic heterocycles. The zero-order valence-corrected chi connectivity index (χ0v) is 39.6. The molecule has 0 amide bonds. The van der Waals surface area contributed by atoms with Crippen molar-refractivity contribution in [2.75, 3.05) is 26.3 Å². The Hall–Kier alpha value is -5.92. The normalized spacial score (nSPS) is 11.9. The Kier molecular flexibility index (Phi) is 18.4. The molecule has 2 aromatic heterocycles. The molecule has 0 bridgehead atoms. The number of nitriles is 2. The molecule has 0 fully saturated rings. The van der Waals surface area contributed by atoms with Gasteiger partial charge in [-0.1, -0.05) is 36.4 Å². The fraction of sp³-hybridized carbons (Fsp3) is 0.280. The first-order valence-electron chi connectivity index (χ1n) is 21.0. The first-order valence-corrected chi connectivity index (χ1v) is 22.6. The minimum Gasteiger partial charge on any atom is -0.488 e. The largest absolute Gasteiger partial charge is 0.488 e. The molecule has 0 spiro atoms. The Labute approximate surface area is 400 Å². The molecule has 14 nitrogen and oxygen atoms in total. The van der Waals surface area contributed by atoms with Crippen LogP contribution in [0.1, 0.15) is 55.6 Å². The number of hydrogen-bond donors (Lipinski definition) is 6. The van der Waals surface area contributed by atoms with E-state index in [1.54, 1.807) is 24.5 Å². The van der Waals surface area contributed by atoms with Gasteiger partial charge in [-0.15, -0.1) is 0 Å². The maximum absolute atomic E-state index is 9.87. The van der Waals surface area contributed by atoms with Gasteiger partial charge in [-0.3, -0.25) is 9.97 Å². The zero-order chi connectivity index (χ0) is 47.0. The van der Waals surface area contributed by atoms with Gasteiger partial charge in [0.25, 0.3) is 0 Å². The average molecular weight is 1020 g/mol. The third-order valence-corrected chi connectivity index (χ3v) is 11.9. The van der Waals surface area contributed by atoms with E-state index in [-0.39, 0.29) is 52.7 Å². The molecule has 0 aliphatic rings. The number of aromatic nitrogens is 2. The van der Waals surface area contributed by atoms with Gasteiger partial charge in [-0.25, -0.2) is 0 Å². The molecule has 0 unspecified atom stereocenters. The van der Waals surface area contributed by atoms with Crippen molar-refractivity contribution < 1.29 is 39.4 Å². The van der Waals surface area contributed by atoms with E-state index >= 15 is 0 Å². The quantitative estimate of drug-likeness (QED) is 0.0374.